The highest BCUT2D eigenvalue weighted by Crippen LogP contribution is 2.58. The van der Waals surface area contributed by atoms with Crippen molar-refractivity contribution in [3.63, 3.8) is 0 Å². The summed E-state index contributed by atoms with van der Waals surface area (Å²) in [4.78, 5) is 23.0. The number of fused-ring (bicyclic) bond motifs is 18. The predicted octanol–water partition coefficient (Wildman–Crippen LogP) is 12.9. The van der Waals surface area contributed by atoms with Gasteiger partial charge in [0.1, 0.15) is 0 Å². The maximum Gasteiger partial charge on any atom is 0.521 e. The molecule has 0 bridgehead atoms. The van der Waals surface area contributed by atoms with Crippen molar-refractivity contribution in [2.45, 2.75) is 6.29 Å². The third kappa shape index (κ3) is 4.51. The van der Waals surface area contributed by atoms with Crippen molar-refractivity contribution in [2.75, 3.05) is 29.5 Å². The zero-order valence-corrected chi connectivity index (χ0v) is 33.3. The summed E-state index contributed by atoms with van der Waals surface area (Å²) in [5.41, 5.74) is 20.1. The number of rotatable bonds is 3. The van der Waals surface area contributed by atoms with E-state index in [2.05, 4.69) is 224 Å². The lowest BCUT2D eigenvalue weighted by Gasteiger charge is -2.32. The molecular weight excluding hydrogens is 759 g/mol. The third-order valence-electron chi connectivity index (χ3n) is 13.1. The molecule has 0 fully saturated rings. The third-order valence-corrected chi connectivity index (χ3v) is 13.1. The Labute approximate surface area is 359 Å². The van der Waals surface area contributed by atoms with E-state index in [9.17, 15) is 0 Å². The molecule has 0 radical (unpaired) electrons. The van der Waals surface area contributed by atoms with Crippen LogP contribution < -0.4 is 29.5 Å². The monoisotopic (exact) mass is 794 g/mol. The quantitative estimate of drug-likeness (QED) is 0.178. The Bertz CT molecular complexity index is 3330. The molecule has 0 amide bonds. The van der Waals surface area contributed by atoms with Crippen LogP contribution in [0, 0.1) is 0 Å². The minimum atomic E-state index is -0.328. The largest absolute Gasteiger partial charge is 0.521 e. The van der Waals surface area contributed by atoms with Crippen molar-refractivity contribution in [1.82, 2.24) is 9.97 Å². The number of nitrogens with one attached hydrogen (secondary N) is 1. The average molecular weight is 795 g/mol. The van der Waals surface area contributed by atoms with Gasteiger partial charge in [-0.1, -0.05) is 127 Å². The molecule has 8 nitrogen and oxygen atoms in total. The van der Waals surface area contributed by atoms with Gasteiger partial charge in [-0.15, -0.1) is 0 Å². The maximum absolute atomic E-state index is 5.66. The Balaban J connectivity index is 0.948. The van der Waals surface area contributed by atoms with Crippen LogP contribution in [-0.2, 0) is 0 Å². The first-order valence-corrected chi connectivity index (χ1v) is 21.1. The minimum absolute atomic E-state index is 0.105. The van der Waals surface area contributed by atoms with Crippen LogP contribution in [0.25, 0.3) is 44.6 Å². The van der Waals surface area contributed by atoms with E-state index in [-0.39, 0.29) is 13.4 Å². The molecule has 9 heteroatoms. The number of aromatic nitrogens is 2. The van der Waals surface area contributed by atoms with Gasteiger partial charge in [0.2, 0.25) is 5.95 Å². The lowest BCUT2D eigenvalue weighted by molar-refractivity contribution is 0.808. The van der Waals surface area contributed by atoms with Crippen LogP contribution in [0.3, 0.4) is 0 Å². The number of benzene rings is 8. The zero-order chi connectivity index (χ0) is 40.5. The van der Waals surface area contributed by atoms with Gasteiger partial charge in [-0.25, -0.2) is 9.97 Å². The van der Waals surface area contributed by atoms with E-state index in [0.717, 1.165) is 73.4 Å². The summed E-state index contributed by atoms with van der Waals surface area (Å²) in [5.74, 6) is 0.635. The molecule has 1 atom stereocenters. The molecule has 14 rings (SSSR count). The molecule has 1 aromatic heterocycles. The molecular formula is C53H35BN8. The van der Waals surface area contributed by atoms with Gasteiger partial charge < -0.3 is 24.6 Å². The Kier molecular flexibility index (Phi) is 6.82. The van der Waals surface area contributed by atoms with Crippen molar-refractivity contribution in [3.05, 3.63) is 200 Å². The Morgan fingerprint density at radius 1 is 0.387 bits per heavy atom. The second-order valence-corrected chi connectivity index (χ2v) is 16.3. The smallest absolute Gasteiger partial charge is 0.346 e. The minimum Gasteiger partial charge on any atom is -0.346 e. The van der Waals surface area contributed by atoms with Crippen molar-refractivity contribution in [2.24, 2.45) is 0 Å². The number of anilines is 11. The standard InChI is InChI=1S/C53H35BN8/c1-2-19-37-36(18-1)38-20-3-4-22-40(38)42-33-55-52(57-51(42)41-23-6-5-21-39(37)41)62-50-31-14-13-30-49(50)61-48-29-12-11-28-47(48)60(54(61)62)35-17-15-16-34(32-35)58-45-26-9-10-27-46(45)59-44-25-8-7-24-43(44)56-53(58)59/h1-33,53,56H. The van der Waals surface area contributed by atoms with Gasteiger partial charge in [0.25, 0.3) is 0 Å². The molecule has 1 N–H and O–H groups in total. The van der Waals surface area contributed by atoms with Gasteiger partial charge in [-0.05, 0) is 94.5 Å². The Morgan fingerprint density at radius 2 is 0.855 bits per heavy atom. The fraction of sp³-hybridized carbons (Fsp3) is 0.0189. The second kappa shape index (κ2) is 12.6. The highest BCUT2D eigenvalue weighted by Gasteiger charge is 2.54. The van der Waals surface area contributed by atoms with Crippen molar-refractivity contribution < 1.29 is 0 Å². The van der Waals surface area contributed by atoms with Crippen molar-refractivity contribution >= 4 is 69.9 Å². The molecule has 9 aromatic rings. The maximum atomic E-state index is 5.66. The van der Waals surface area contributed by atoms with Crippen molar-refractivity contribution in [3.8, 4) is 44.6 Å². The molecule has 8 aromatic carbocycles. The highest BCUT2D eigenvalue weighted by atomic mass is 15.5. The first kappa shape index (κ1) is 33.5. The van der Waals surface area contributed by atoms with E-state index in [1.165, 1.54) is 28.1 Å². The highest BCUT2D eigenvalue weighted by molar-refractivity contribution is 6.79. The van der Waals surface area contributed by atoms with Crippen LogP contribution in [0.15, 0.2) is 200 Å². The molecule has 290 valence electrons. The summed E-state index contributed by atoms with van der Waals surface area (Å²) in [6, 6.07) is 69.7. The van der Waals surface area contributed by atoms with Gasteiger partial charge in [0.15, 0.2) is 6.29 Å². The van der Waals surface area contributed by atoms with E-state index >= 15 is 0 Å². The summed E-state index contributed by atoms with van der Waals surface area (Å²) >= 11 is 0. The topological polar surface area (TPSA) is 54.0 Å². The molecule has 4 aliphatic heterocycles. The summed E-state index contributed by atoms with van der Waals surface area (Å²) in [7, 11) is -0.328. The van der Waals surface area contributed by atoms with Gasteiger partial charge in [0, 0.05) is 28.7 Å². The van der Waals surface area contributed by atoms with E-state index in [1.807, 2.05) is 6.20 Å². The van der Waals surface area contributed by atoms with Crippen molar-refractivity contribution in [1.29, 1.82) is 0 Å². The average Bonchev–Trinajstić information content (AvgIpc) is 4.07. The number of hydrogen-bond acceptors (Lipinski definition) is 8. The zero-order valence-electron chi connectivity index (χ0n) is 33.3. The lowest BCUT2D eigenvalue weighted by atomic mass is 9.83. The molecule has 5 aliphatic rings. The second-order valence-electron chi connectivity index (χ2n) is 16.3. The fourth-order valence-corrected chi connectivity index (χ4v) is 10.6. The van der Waals surface area contributed by atoms with E-state index in [1.54, 1.807) is 0 Å². The van der Waals surface area contributed by atoms with Gasteiger partial charge >= 0.3 is 7.12 Å². The number of nitrogens with zero attached hydrogens (tertiary/aromatic N) is 7. The van der Waals surface area contributed by atoms with Gasteiger partial charge in [-0.2, -0.15) is 0 Å². The summed E-state index contributed by atoms with van der Waals surface area (Å²) in [6.45, 7) is 0. The van der Waals surface area contributed by atoms with Gasteiger partial charge in [0.05, 0.1) is 51.2 Å². The number of para-hydroxylation sites is 8. The van der Waals surface area contributed by atoms with Crippen LogP contribution in [0.5, 0.6) is 0 Å². The lowest BCUT2D eigenvalue weighted by Crippen LogP contribution is -2.52. The molecule has 0 saturated carbocycles. The molecule has 0 spiro atoms. The van der Waals surface area contributed by atoms with Crippen LogP contribution >= 0.6 is 0 Å². The number of hydrogen-bond donors (Lipinski definition) is 1. The Hall–Kier alpha value is -8.30. The molecule has 62 heavy (non-hydrogen) atoms. The molecule has 1 aliphatic carbocycles. The first-order chi connectivity index (χ1) is 30.8. The normalized spacial score (nSPS) is 15.5. The predicted molar refractivity (Wildman–Crippen MR) is 253 cm³/mol. The molecule has 5 heterocycles. The van der Waals surface area contributed by atoms with Gasteiger partial charge in [-0.3, -0.25) is 4.90 Å². The van der Waals surface area contributed by atoms with Crippen LogP contribution in [-0.4, -0.2) is 23.4 Å². The fourth-order valence-electron chi connectivity index (χ4n) is 10.6. The van der Waals surface area contributed by atoms with E-state index in [0.29, 0.717) is 5.95 Å². The molecule has 1 unspecified atom stereocenters. The first-order valence-electron chi connectivity index (χ1n) is 21.1. The summed E-state index contributed by atoms with van der Waals surface area (Å²) < 4.78 is 0. The summed E-state index contributed by atoms with van der Waals surface area (Å²) in [5, 5.41) is 3.83. The Morgan fingerprint density at radius 3 is 1.50 bits per heavy atom. The van der Waals surface area contributed by atoms with E-state index in [4.69, 9.17) is 9.97 Å². The molecule has 0 saturated heterocycles. The van der Waals surface area contributed by atoms with Crippen LogP contribution in [0.2, 0.25) is 0 Å². The summed E-state index contributed by atoms with van der Waals surface area (Å²) in [6.07, 6.45) is 1.94. The van der Waals surface area contributed by atoms with Crippen LogP contribution in [0.4, 0.5) is 62.8 Å². The van der Waals surface area contributed by atoms with Crippen LogP contribution in [0.1, 0.15) is 0 Å². The SMILES string of the molecule is c1cc(N2B3N(c4ncc5c(n4)-c4ccccc4-c4ccccc4-c4ccccc4-5)c4ccccc4N3c3ccccc32)cc(N2c3ccccc3N3c4ccccc4NC23)c1. The van der Waals surface area contributed by atoms with E-state index < -0.39 is 0 Å².